The van der Waals surface area contributed by atoms with Crippen molar-refractivity contribution >= 4 is 12.1 Å². The number of aliphatic hydroxyl groups excluding tert-OH is 1. The van der Waals surface area contributed by atoms with Crippen LogP contribution in [0, 0.1) is 0 Å². The summed E-state index contributed by atoms with van der Waals surface area (Å²) >= 11 is 0. The summed E-state index contributed by atoms with van der Waals surface area (Å²) in [6, 6.07) is 15.2. The number of hydrogen-bond acceptors (Lipinski definition) is 5. The van der Waals surface area contributed by atoms with E-state index in [0.717, 1.165) is 5.56 Å². The van der Waals surface area contributed by atoms with Crippen molar-refractivity contribution in [3.05, 3.63) is 65.7 Å². The van der Waals surface area contributed by atoms with Crippen molar-refractivity contribution in [1.29, 1.82) is 0 Å². The average molecular weight is 329 g/mol. The van der Waals surface area contributed by atoms with Crippen molar-refractivity contribution in [3.8, 4) is 5.75 Å². The van der Waals surface area contributed by atoms with Gasteiger partial charge in [-0.1, -0.05) is 42.5 Å². The fraction of sp³-hybridized carbons (Fsp3) is 0.222. The Labute approximate surface area is 140 Å². The van der Waals surface area contributed by atoms with Crippen LogP contribution >= 0.6 is 0 Å². The fourth-order valence-electron chi connectivity index (χ4n) is 2.08. The van der Waals surface area contributed by atoms with E-state index in [-0.39, 0.29) is 13.2 Å². The summed E-state index contributed by atoms with van der Waals surface area (Å²) in [5.41, 5.74) is 1.55. The molecule has 0 unspecified atom stereocenters. The Bertz CT molecular complexity index is 670. The topological polar surface area (TPSA) is 84.9 Å². The summed E-state index contributed by atoms with van der Waals surface area (Å²) < 4.78 is 10.1. The third-order valence-electron chi connectivity index (χ3n) is 3.23. The van der Waals surface area contributed by atoms with Gasteiger partial charge in [0.05, 0.1) is 12.6 Å². The summed E-state index contributed by atoms with van der Waals surface area (Å²) in [4.78, 5) is 22.7. The minimum atomic E-state index is -0.623. The Kier molecular flexibility index (Phi) is 6.33. The molecule has 24 heavy (non-hydrogen) atoms. The molecule has 0 saturated carbocycles. The first-order chi connectivity index (χ1) is 11.6. The molecule has 0 aliphatic rings. The predicted molar refractivity (Wildman–Crippen MR) is 87.3 cm³/mol. The largest absolute Gasteiger partial charge is 0.445 e. The maximum Gasteiger partial charge on any atom is 0.408 e. The van der Waals surface area contributed by atoms with Crippen LogP contribution in [0.15, 0.2) is 54.6 Å². The molecule has 6 nitrogen and oxygen atoms in total. The van der Waals surface area contributed by atoms with Crippen molar-refractivity contribution < 1.29 is 24.2 Å². The molecule has 2 aromatic rings. The summed E-state index contributed by atoms with van der Waals surface area (Å²) in [5, 5.41) is 12.1. The van der Waals surface area contributed by atoms with Crippen LogP contribution < -0.4 is 10.1 Å². The third-order valence-corrected chi connectivity index (χ3v) is 3.23. The van der Waals surface area contributed by atoms with E-state index >= 15 is 0 Å². The van der Waals surface area contributed by atoms with E-state index in [2.05, 4.69) is 5.32 Å². The summed E-state index contributed by atoms with van der Waals surface area (Å²) in [6.07, 6.45) is -0.623. The molecule has 0 aliphatic heterocycles. The van der Waals surface area contributed by atoms with Gasteiger partial charge >= 0.3 is 12.1 Å². The molecule has 0 radical (unpaired) electrons. The lowest BCUT2D eigenvalue weighted by molar-refractivity contribution is -0.131. The molecule has 0 spiro atoms. The molecule has 0 bridgehead atoms. The average Bonchev–Trinajstić information content (AvgIpc) is 2.59. The van der Waals surface area contributed by atoms with E-state index in [1.165, 1.54) is 6.92 Å². The molecule has 6 heteroatoms. The maximum atomic E-state index is 11.9. The van der Waals surface area contributed by atoms with Gasteiger partial charge in [-0.3, -0.25) is 4.79 Å². The second kappa shape index (κ2) is 8.69. The number of esters is 1. The van der Waals surface area contributed by atoms with Crippen LogP contribution in [0.3, 0.4) is 0 Å². The second-order valence-electron chi connectivity index (χ2n) is 5.10. The number of carbonyl (C=O) groups excluding carboxylic acids is 2. The maximum absolute atomic E-state index is 11.9. The van der Waals surface area contributed by atoms with E-state index in [1.807, 2.05) is 30.3 Å². The van der Waals surface area contributed by atoms with Crippen molar-refractivity contribution in [2.45, 2.75) is 19.6 Å². The van der Waals surface area contributed by atoms with E-state index in [9.17, 15) is 14.7 Å². The van der Waals surface area contributed by atoms with Gasteiger partial charge in [-0.25, -0.2) is 4.79 Å². The first-order valence-corrected chi connectivity index (χ1v) is 7.45. The molecule has 0 heterocycles. The summed E-state index contributed by atoms with van der Waals surface area (Å²) in [7, 11) is 0. The van der Waals surface area contributed by atoms with Crippen LogP contribution in [0.2, 0.25) is 0 Å². The lowest BCUT2D eigenvalue weighted by Crippen LogP contribution is -2.31. The minimum absolute atomic E-state index is 0.149. The minimum Gasteiger partial charge on any atom is -0.445 e. The van der Waals surface area contributed by atoms with E-state index in [4.69, 9.17) is 9.47 Å². The van der Waals surface area contributed by atoms with Crippen LogP contribution in [-0.4, -0.2) is 23.8 Å². The Hall–Kier alpha value is -2.86. The van der Waals surface area contributed by atoms with Gasteiger partial charge in [0.15, 0.2) is 0 Å². The molecule has 126 valence electrons. The Morgan fingerprint density at radius 3 is 2.33 bits per heavy atom. The molecule has 2 aromatic carbocycles. The molecule has 2 N–H and O–H groups in total. The van der Waals surface area contributed by atoms with Gasteiger partial charge in [-0.2, -0.15) is 0 Å². The van der Waals surface area contributed by atoms with Crippen LogP contribution in [-0.2, 0) is 16.1 Å². The lowest BCUT2D eigenvalue weighted by Gasteiger charge is -2.17. The van der Waals surface area contributed by atoms with E-state index < -0.39 is 18.1 Å². The predicted octanol–water partition coefficient (Wildman–Crippen LogP) is 2.57. The number of nitrogens with one attached hydrogen (secondary N) is 1. The number of benzene rings is 2. The highest BCUT2D eigenvalue weighted by atomic mass is 16.5. The van der Waals surface area contributed by atoms with Crippen LogP contribution in [0.25, 0.3) is 0 Å². The van der Waals surface area contributed by atoms with Gasteiger partial charge in [0.2, 0.25) is 0 Å². The molecule has 1 atom stereocenters. The Balaban J connectivity index is 1.90. The van der Waals surface area contributed by atoms with Crippen LogP contribution in [0.1, 0.15) is 24.1 Å². The monoisotopic (exact) mass is 329 g/mol. The molecule has 0 aromatic heterocycles. The number of rotatable bonds is 6. The molecular weight excluding hydrogens is 310 g/mol. The summed E-state index contributed by atoms with van der Waals surface area (Å²) in [6.45, 7) is 1.18. The van der Waals surface area contributed by atoms with Crippen molar-refractivity contribution in [1.82, 2.24) is 5.32 Å². The van der Waals surface area contributed by atoms with Crippen molar-refractivity contribution in [2.24, 2.45) is 0 Å². The quantitative estimate of drug-likeness (QED) is 0.628. The van der Waals surface area contributed by atoms with Crippen LogP contribution in [0.5, 0.6) is 5.75 Å². The highest BCUT2D eigenvalue weighted by Gasteiger charge is 2.15. The Morgan fingerprint density at radius 1 is 1.08 bits per heavy atom. The van der Waals surface area contributed by atoms with Gasteiger partial charge in [-0.15, -0.1) is 0 Å². The highest BCUT2D eigenvalue weighted by molar-refractivity contribution is 5.69. The van der Waals surface area contributed by atoms with Crippen molar-refractivity contribution in [2.75, 3.05) is 6.61 Å². The number of aliphatic hydroxyl groups is 1. The molecule has 1 amide bonds. The van der Waals surface area contributed by atoms with Gasteiger partial charge in [0.1, 0.15) is 12.4 Å². The summed E-state index contributed by atoms with van der Waals surface area (Å²) in [5.74, 6) is -0.0151. The SMILES string of the molecule is CC(=O)Oc1ccc([C@@H](CO)NC(=O)OCc2ccccc2)cc1. The fourth-order valence-corrected chi connectivity index (χ4v) is 2.08. The number of amides is 1. The first kappa shape index (κ1) is 17.5. The smallest absolute Gasteiger partial charge is 0.408 e. The van der Waals surface area contributed by atoms with E-state index in [0.29, 0.717) is 11.3 Å². The zero-order valence-electron chi connectivity index (χ0n) is 13.3. The van der Waals surface area contributed by atoms with E-state index in [1.54, 1.807) is 24.3 Å². The number of hydrogen-bond donors (Lipinski definition) is 2. The van der Waals surface area contributed by atoms with Gasteiger partial charge in [0, 0.05) is 6.92 Å². The zero-order chi connectivity index (χ0) is 17.4. The third kappa shape index (κ3) is 5.40. The van der Waals surface area contributed by atoms with Gasteiger partial charge in [0.25, 0.3) is 0 Å². The molecule has 0 saturated heterocycles. The molecule has 0 fully saturated rings. The van der Waals surface area contributed by atoms with Crippen molar-refractivity contribution in [3.63, 3.8) is 0 Å². The van der Waals surface area contributed by atoms with Gasteiger partial charge in [-0.05, 0) is 23.3 Å². The number of ether oxygens (including phenoxy) is 2. The first-order valence-electron chi connectivity index (χ1n) is 7.45. The Morgan fingerprint density at radius 2 is 1.75 bits per heavy atom. The van der Waals surface area contributed by atoms with Crippen LogP contribution in [0.4, 0.5) is 4.79 Å². The molecular formula is C18H19NO5. The molecule has 0 aliphatic carbocycles. The lowest BCUT2D eigenvalue weighted by atomic mass is 10.1. The standard InChI is InChI=1S/C18H19NO5/c1-13(21)24-16-9-7-15(8-10-16)17(11-20)19-18(22)23-12-14-5-3-2-4-6-14/h2-10,17,20H,11-12H2,1H3,(H,19,22)/t17-/m1/s1. The normalized spacial score (nSPS) is 11.4. The second-order valence-corrected chi connectivity index (χ2v) is 5.10. The van der Waals surface area contributed by atoms with Gasteiger partial charge < -0.3 is 19.9 Å². The molecule has 2 rings (SSSR count). The highest BCUT2D eigenvalue weighted by Crippen LogP contribution is 2.18. The zero-order valence-corrected chi connectivity index (χ0v) is 13.3. The number of alkyl carbamates (subject to hydrolysis) is 1. The number of carbonyl (C=O) groups is 2.